The van der Waals surface area contributed by atoms with Gasteiger partial charge in [-0.15, -0.1) is 11.3 Å². The van der Waals surface area contributed by atoms with Crippen LogP contribution >= 0.6 is 11.3 Å². The lowest BCUT2D eigenvalue weighted by Gasteiger charge is -2.27. The van der Waals surface area contributed by atoms with Gasteiger partial charge in [0, 0.05) is 23.4 Å². The molecular weight excluding hydrogens is 440 g/mol. The van der Waals surface area contributed by atoms with Crippen LogP contribution in [0.3, 0.4) is 0 Å². The summed E-state index contributed by atoms with van der Waals surface area (Å²) in [7, 11) is 2.14. The van der Waals surface area contributed by atoms with Gasteiger partial charge in [0.1, 0.15) is 11.6 Å². The molecule has 8 heteroatoms. The van der Waals surface area contributed by atoms with Crippen LogP contribution in [0.25, 0.3) is 21.8 Å². The Morgan fingerprint density at radius 1 is 0.909 bits per heavy atom. The van der Waals surface area contributed by atoms with Crippen molar-refractivity contribution in [3.05, 3.63) is 77.4 Å². The van der Waals surface area contributed by atoms with Gasteiger partial charge in [0.15, 0.2) is 0 Å². The van der Waals surface area contributed by atoms with Crippen molar-refractivity contribution in [2.45, 2.75) is 18.8 Å². The molecule has 0 atom stereocenters. The van der Waals surface area contributed by atoms with Gasteiger partial charge in [0.2, 0.25) is 5.95 Å². The van der Waals surface area contributed by atoms with E-state index >= 15 is 0 Å². The van der Waals surface area contributed by atoms with Crippen molar-refractivity contribution < 1.29 is 8.78 Å². The number of benzene rings is 2. The molecule has 0 spiro atoms. The number of halogens is 2. The molecule has 1 N–H and O–H groups in total. The first kappa shape index (κ1) is 21.6. The van der Waals surface area contributed by atoms with Gasteiger partial charge in [-0.25, -0.2) is 23.7 Å². The summed E-state index contributed by atoms with van der Waals surface area (Å²) in [5.41, 5.74) is 3.10. The standard InChI is InChI=1S/C25H23F2N5S/c1-32-14-11-17(12-15-32)24-31-22(16-2-4-18(26)5-3-16)23(33-24)21-10-13-28-25(30-21)29-20-8-6-19(27)7-9-20/h2-10,13,17H,11-12,14-15H2,1H3,(H,28,29,30). The average Bonchev–Trinajstić information content (AvgIpc) is 3.27. The Bertz CT molecular complexity index is 1230. The molecule has 33 heavy (non-hydrogen) atoms. The average molecular weight is 464 g/mol. The van der Waals surface area contributed by atoms with Crippen LogP contribution < -0.4 is 5.32 Å². The molecular formula is C25H23F2N5S. The van der Waals surface area contributed by atoms with E-state index < -0.39 is 0 Å². The van der Waals surface area contributed by atoms with E-state index in [9.17, 15) is 8.78 Å². The van der Waals surface area contributed by atoms with Crippen LogP contribution in [-0.2, 0) is 0 Å². The van der Waals surface area contributed by atoms with Gasteiger partial charge in [-0.3, -0.25) is 0 Å². The van der Waals surface area contributed by atoms with E-state index in [1.165, 1.54) is 24.3 Å². The third kappa shape index (κ3) is 4.91. The number of nitrogens with zero attached hydrogens (tertiary/aromatic N) is 4. The van der Waals surface area contributed by atoms with Crippen molar-refractivity contribution in [3.8, 4) is 21.8 Å². The van der Waals surface area contributed by atoms with Crippen LogP contribution in [0.5, 0.6) is 0 Å². The number of aromatic nitrogens is 3. The quantitative estimate of drug-likeness (QED) is 0.388. The molecule has 1 saturated heterocycles. The molecule has 168 valence electrons. The fraction of sp³-hybridized carbons (Fsp3) is 0.240. The van der Waals surface area contributed by atoms with Gasteiger partial charge in [-0.1, -0.05) is 0 Å². The van der Waals surface area contributed by atoms with E-state index in [0.29, 0.717) is 17.6 Å². The molecule has 1 fully saturated rings. The lowest BCUT2D eigenvalue weighted by atomic mass is 9.98. The highest BCUT2D eigenvalue weighted by Crippen LogP contribution is 2.41. The second-order valence-electron chi connectivity index (χ2n) is 8.21. The maximum absolute atomic E-state index is 13.6. The Kier molecular flexibility index (Phi) is 6.11. The second-order valence-corrected chi connectivity index (χ2v) is 9.24. The molecule has 0 saturated carbocycles. The first-order valence-corrected chi connectivity index (χ1v) is 11.7. The minimum Gasteiger partial charge on any atom is -0.324 e. The first-order valence-electron chi connectivity index (χ1n) is 10.9. The topological polar surface area (TPSA) is 53.9 Å². The lowest BCUT2D eigenvalue weighted by molar-refractivity contribution is 0.255. The highest BCUT2D eigenvalue weighted by atomic mass is 32.1. The maximum Gasteiger partial charge on any atom is 0.227 e. The predicted octanol–water partition coefficient (Wildman–Crippen LogP) is 6.10. The van der Waals surface area contributed by atoms with E-state index in [0.717, 1.165) is 52.8 Å². The number of thiazole rings is 1. The Balaban J connectivity index is 1.52. The Morgan fingerprint density at radius 3 is 2.27 bits per heavy atom. The van der Waals surface area contributed by atoms with E-state index in [4.69, 9.17) is 9.97 Å². The summed E-state index contributed by atoms with van der Waals surface area (Å²) in [6.45, 7) is 2.09. The lowest BCUT2D eigenvalue weighted by Crippen LogP contribution is -2.29. The monoisotopic (exact) mass is 463 g/mol. The van der Waals surface area contributed by atoms with Crippen LogP contribution in [0, 0.1) is 11.6 Å². The molecule has 5 nitrogen and oxygen atoms in total. The fourth-order valence-corrected chi connectivity index (χ4v) is 5.18. The predicted molar refractivity (Wildman–Crippen MR) is 128 cm³/mol. The van der Waals surface area contributed by atoms with Crippen LogP contribution in [0.2, 0.25) is 0 Å². The molecule has 0 bridgehead atoms. The van der Waals surface area contributed by atoms with Crippen molar-refractivity contribution >= 4 is 23.0 Å². The number of piperidine rings is 1. The number of likely N-dealkylation sites (tertiary alicyclic amines) is 1. The minimum atomic E-state index is -0.301. The van der Waals surface area contributed by atoms with Gasteiger partial charge in [0.25, 0.3) is 0 Å². The molecule has 4 aromatic rings. The Hall–Kier alpha value is -3.23. The maximum atomic E-state index is 13.6. The Morgan fingerprint density at radius 2 is 1.58 bits per heavy atom. The molecule has 0 radical (unpaired) electrons. The zero-order chi connectivity index (χ0) is 22.8. The van der Waals surface area contributed by atoms with Crippen molar-refractivity contribution in [3.63, 3.8) is 0 Å². The molecule has 3 heterocycles. The van der Waals surface area contributed by atoms with Crippen LogP contribution in [0.1, 0.15) is 23.8 Å². The second kappa shape index (κ2) is 9.33. The number of hydrogen-bond acceptors (Lipinski definition) is 6. The summed E-state index contributed by atoms with van der Waals surface area (Å²) in [6.07, 6.45) is 3.82. The van der Waals surface area contributed by atoms with E-state index in [2.05, 4.69) is 22.2 Å². The fourth-order valence-electron chi connectivity index (χ4n) is 3.95. The molecule has 0 amide bonds. The summed E-state index contributed by atoms with van der Waals surface area (Å²) in [6, 6.07) is 14.3. The molecule has 1 aliphatic rings. The third-order valence-electron chi connectivity index (χ3n) is 5.82. The minimum absolute atomic E-state index is 0.279. The van der Waals surface area contributed by atoms with Crippen LogP contribution in [0.15, 0.2) is 60.8 Å². The zero-order valence-corrected chi connectivity index (χ0v) is 18.9. The largest absolute Gasteiger partial charge is 0.324 e. The summed E-state index contributed by atoms with van der Waals surface area (Å²) >= 11 is 1.65. The zero-order valence-electron chi connectivity index (χ0n) is 18.1. The van der Waals surface area contributed by atoms with Gasteiger partial charge in [-0.2, -0.15) is 0 Å². The van der Waals surface area contributed by atoms with Gasteiger partial charge >= 0.3 is 0 Å². The number of rotatable bonds is 5. The number of hydrogen-bond donors (Lipinski definition) is 1. The van der Waals surface area contributed by atoms with E-state index in [1.54, 1.807) is 41.8 Å². The van der Waals surface area contributed by atoms with Crippen molar-refractivity contribution in [1.29, 1.82) is 0 Å². The van der Waals surface area contributed by atoms with Gasteiger partial charge < -0.3 is 10.2 Å². The van der Waals surface area contributed by atoms with Crippen molar-refractivity contribution in [2.24, 2.45) is 0 Å². The highest BCUT2D eigenvalue weighted by Gasteiger charge is 2.25. The molecule has 0 unspecified atom stereocenters. The van der Waals surface area contributed by atoms with Crippen LogP contribution in [0.4, 0.5) is 20.4 Å². The van der Waals surface area contributed by atoms with Crippen LogP contribution in [-0.4, -0.2) is 40.0 Å². The highest BCUT2D eigenvalue weighted by molar-refractivity contribution is 7.15. The Labute approximate surface area is 195 Å². The van der Waals surface area contributed by atoms with Gasteiger partial charge in [-0.05, 0) is 87.6 Å². The molecule has 2 aromatic heterocycles. The summed E-state index contributed by atoms with van der Waals surface area (Å²) in [5, 5.41) is 4.21. The van der Waals surface area contributed by atoms with Crippen molar-refractivity contribution in [1.82, 2.24) is 19.9 Å². The summed E-state index contributed by atoms with van der Waals surface area (Å²) in [5.74, 6) is 0.236. The first-order chi connectivity index (χ1) is 16.0. The number of nitrogens with one attached hydrogen (secondary N) is 1. The van der Waals surface area contributed by atoms with E-state index in [1.807, 2.05) is 6.07 Å². The number of anilines is 2. The summed E-state index contributed by atoms with van der Waals surface area (Å²) < 4.78 is 26.8. The third-order valence-corrected chi connectivity index (χ3v) is 7.06. The smallest absolute Gasteiger partial charge is 0.227 e. The molecule has 0 aliphatic carbocycles. The normalized spacial score (nSPS) is 15.0. The SMILES string of the molecule is CN1CCC(c2nc(-c3ccc(F)cc3)c(-c3ccnc(Nc4ccc(F)cc4)n3)s2)CC1. The molecule has 2 aromatic carbocycles. The summed E-state index contributed by atoms with van der Waals surface area (Å²) in [4.78, 5) is 17.3. The molecule has 1 aliphatic heterocycles. The van der Waals surface area contributed by atoms with E-state index in [-0.39, 0.29) is 11.6 Å². The van der Waals surface area contributed by atoms with Gasteiger partial charge in [0.05, 0.1) is 21.3 Å². The van der Waals surface area contributed by atoms with Crippen molar-refractivity contribution in [2.75, 3.05) is 25.5 Å². The molecule has 5 rings (SSSR count).